The summed E-state index contributed by atoms with van der Waals surface area (Å²) in [6, 6.07) is 12.3. The van der Waals surface area contributed by atoms with Gasteiger partial charge in [0.05, 0.1) is 18.5 Å². The smallest absolute Gasteiger partial charge is 0.165 e. The number of pyridine rings is 2. The zero-order valence-electron chi connectivity index (χ0n) is 15.8. The third kappa shape index (κ3) is 2.44. The SMILES string of the molecule is COc1cc2c(cc1-n1cnc3ccc(-c4ccnc5[nH]ccc45)nc31)CNC2. The monoisotopic (exact) mass is 382 g/mol. The standard InChI is InChI=1S/C22H18N6O/c1-29-20-9-14-11-23-10-13(14)8-19(20)28-12-26-18-3-2-17(27-22(18)28)15-4-6-24-21-16(15)5-7-25-21/h2-9,12,23H,10-11H2,1H3,(H,24,25). The first-order chi connectivity index (χ1) is 14.3. The van der Waals surface area contributed by atoms with Crippen LogP contribution in [0.4, 0.5) is 0 Å². The van der Waals surface area contributed by atoms with Crippen molar-refractivity contribution in [3.8, 4) is 22.7 Å². The fraction of sp³-hybridized carbons (Fsp3) is 0.136. The van der Waals surface area contributed by atoms with Gasteiger partial charge in [-0.1, -0.05) is 0 Å². The van der Waals surface area contributed by atoms with Crippen LogP contribution >= 0.6 is 0 Å². The third-order valence-electron chi connectivity index (χ3n) is 5.52. The highest BCUT2D eigenvalue weighted by Crippen LogP contribution is 2.32. The van der Waals surface area contributed by atoms with Crippen LogP contribution in [-0.2, 0) is 13.1 Å². The molecule has 1 aromatic carbocycles. The van der Waals surface area contributed by atoms with Crippen LogP contribution in [0.1, 0.15) is 11.1 Å². The number of methoxy groups -OCH3 is 1. The number of nitrogens with zero attached hydrogens (tertiary/aromatic N) is 4. The van der Waals surface area contributed by atoms with Crippen LogP contribution in [0.3, 0.4) is 0 Å². The van der Waals surface area contributed by atoms with Gasteiger partial charge in [0, 0.05) is 36.4 Å². The number of fused-ring (bicyclic) bond motifs is 3. The van der Waals surface area contributed by atoms with Gasteiger partial charge in [-0.25, -0.2) is 15.0 Å². The normalized spacial score (nSPS) is 13.3. The van der Waals surface area contributed by atoms with E-state index < -0.39 is 0 Å². The van der Waals surface area contributed by atoms with Gasteiger partial charge in [0.15, 0.2) is 5.65 Å². The Labute approximate surface area is 166 Å². The number of ether oxygens (including phenoxy) is 1. The van der Waals surface area contributed by atoms with Crippen molar-refractivity contribution in [2.45, 2.75) is 13.1 Å². The second-order valence-corrected chi connectivity index (χ2v) is 7.15. The van der Waals surface area contributed by atoms with Gasteiger partial charge in [-0.15, -0.1) is 0 Å². The molecule has 7 heteroatoms. The van der Waals surface area contributed by atoms with Crippen molar-refractivity contribution in [1.29, 1.82) is 0 Å². The van der Waals surface area contributed by atoms with Crippen LogP contribution in [-0.4, -0.2) is 31.6 Å². The zero-order valence-corrected chi connectivity index (χ0v) is 15.8. The fourth-order valence-electron chi connectivity index (χ4n) is 4.07. The molecule has 29 heavy (non-hydrogen) atoms. The molecular weight excluding hydrogens is 364 g/mol. The van der Waals surface area contributed by atoms with E-state index in [9.17, 15) is 0 Å². The molecule has 0 unspecified atom stereocenters. The summed E-state index contributed by atoms with van der Waals surface area (Å²) in [6.45, 7) is 1.73. The molecule has 7 nitrogen and oxygen atoms in total. The van der Waals surface area contributed by atoms with Gasteiger partial charge < -0.3 is 15.0 Å². The predicted octanol–water partition coefficient (Wildman–Crippen LogP) is 3.58. The molecule has 0 saturated carbocycles. The van der Waals surface area contributed by atoms with Gasteiger partial charge in [0.1, 0.15) is 23.2 Å². The molecule has 4 aromatic heterocycles. The van der Waals surface area contributed by atoms with E-state index in [-0.39, 0.29) is 0 Å². The van der Waals surface area contributed by atoms with Crippen LogP contribution in [0.2, 0.25) is 0 Å². The topological polar surface area (TPSA) is 80.7 Å². The summed E-state index contributed by atoms with van der Waals surface area (Å²) >= 11 is 0. The molecule has 0 saturated heterocycles. The zero-order chi connectivity index (χ0) is 19.4. The molecule has 0 atom stereocenters. The fourth-order valence-corrected chi connectivity index (χ4v) is 4.07. The van der Waals surface area contributed by atoms with Crippen LogP contribution < -0.4 is 10.1 Å². The molecule has 0 bridgehead atoms. The Balaban J connectivity index is 1.57. The first kappa shape index (κ1) is 16.3. The largest absolute Gasteiger partial charge is 0.495 e. The van der Waals surface area contributed by atoms with Crippen LogP contribution in [0.5, 0.6) is 5.75 Å². The summed E-state index contributed by atoms with van der Waals surface area (Å²) in [5.41, 5.74) is 7.91. The molecule has 0 spiro atoms. The number of nitrogens with one attached hydrogen (secondary N) is 2. The number of imidazole rings is 1. The van der Waals surface area contributed by atoms with E-state index in [1.165, 1.54) is 11.1 Å². The molecule has 1 aliphatic heterocycles. The van der Waals surface area contributed by atoms with Crippen molar-refractivity contribution in [1.82, 2.24) is 29.8 Å². The number of rotatable bonds is 3. The Bertz CT molecular complexity index is 1380. The Morgan fingerprint density at radius 2 is 1.93 bits per heavy atom. The molecule has 1 aliphatic rings. The van der Waals surface area contributed by atoms with E-state index >= 15 is 0 Å². The van der Waals surface area contributed by atoms with Crippen molar-refractivity contribution in [2.75, 3.05) is 7.11 Å². The number of hydrogen-bond acceptors (Lipinski definition) is 5. The predicted molar refractivity (Wildman–Crippen MR) is 111 cm³/mol. The van der Waals surface area contributed by atoms with Crippen molar-refractivity contribution in [3.63, 3.8) is 0 Å². The molecule has 5 aromatic rings. The Hall–Kier alpha value is -3.71. The van der Waals surface area contributed by atoms with E-state index in [4.69, 9.17) is 9.72 Å². The number of aromatic amines is 1. The average molecular weight is 382 g/mol. The van der Waals surface area contributed by atoms with Crippen LogP contribution in [0.25, 0.3) is 39.1 Å². The molecule has 0 radical (unpaired) electrons. The van der Waals surface area contributed by atoms with Gasteiger partial charge >= 0.3 is 0 Å². The number of hydrogen-bond donors (Lipinski definition) is 2. The van der Waals surface area contributed by atoms with Gasteiger partial charge in [0.2, 0.25) is 0 Å². The highest BCUT2D eigenvalue weighted by molar-refractivity contribution is 5.93. The van der Waals surface area contributed by atoms with E-state index in [0.717, 1.165) is 58.0 Å². The maximum absolute atomic E-state index is 5.69. The van der Waals surface area contributed by atoms with Crippen molar-refractivity contribution in [3.05, 3.63) is 66.2 Å². The van der Waals surface area contributed by atoms with Crippen molar-refractivity contribution in [2.24, 2.45) is 0 Å². The highest BCUT2D eigenvalue weighted by atomic mass is 16.5. The minimum atomic E-state index is 0.798. The van der Waals surface area contributed by atoms with Gasteiger partial charge in [-0.2, -0.15) is 0 Å². The lowest BCUT2D eigenvalue weighted by Gasteiger charge is -2.13. The number of benzene rings is 1. The molecule has 142 valence electrons. The van der Waals surface area contributed by atoms with E-state index in [0.29, 0.717) is 0 Å². The highest BCUT2D eigenvalue weighted by Gasteiger charge is 2.18. The Morgan fingerprint density at radius 3 is 2.83 bits per heavy atom. The lowest BCUT2D eigenvalue weighted by molar-refractivity contribution is 0.412. The molecular formula is C22H18N6O. The first-order valence-corrected chi connectivity index (χ1v) is 9.49. The molecule has 0 amide bonds. The first-order valence-electron chi connectivity index (χ1n) is 9.49. The maximum atomic E-state index is 5.69. The molecule has 0 fully saturated rings. The molecule has 0 aliphatic carbocycles. The van der Waals surface area contributed by atoms with Gasteiger partial charge in [-0.3, -0.25) is 4.57 Å². The number of aromatic nitrogens is 5. The summed E-state index contributed by atoms with van der Waals surface area (Å²) < 4.78 is 7.69. The number of H-pyrrole nitrogens is 1. The molecule has 5 heterocycles. The van der Waals surface area contributed by atoms with Crippen molar-refractivity contribution < 1.29 is 4.74 Å². The van der Waals surface area contributed by atoms with E-state index in [1.807, 2.05) is 41.4 Å². The second-order valence-electron chi connectivity index (χ2n) is 7.15. The molecule has 6 rings (SSSR count). The third-order valence-corrected chi connectivity index (χ3v) is 5.52. The lowest BCUT2D eigenvalue weighted by atomic mass is 10.1. The summed E-state index contributed by atoms with van der Waals surface area (Å²) in [4.78, 5) is 17.1. The Morgan fingerprint density at radius 1 is 1.03 bits per heavy atom. The minimum Gasteiger partial charge on any atom is -0.495 e. The minimum absolute atomic E-state index is 0.798. The van der Waals surface area contributed by atoms with Gasteiger partial charge in [-0.05, 0) is 47.5 Å². The lowest BCUT2D eigenvalue weighted by Crippen LogP contribution is -2.01. The summed E-state index contributed by atoms with van der Waals surface area (Å²) in [5, 5.41) is 4.44. The van der Waals surface area contributed by atoms with Gasteiger partial charge in [0.25, 0.3) is 0 Å². The van der Waals surface area contributed by atoms with Crippen LogP contribution in [0.15, 0.2) is 55.1 Å². The summed E-state index contributed by atoms with van der Waals surface area (Å²) in [7, 11) is 1.70. The van der Waals surface area contributed by atoms with E-state index in [2.05, 4.69) is 32.4 Å². The second kappa shape index (κ2) is 6.15. The van der Waals surface area contributed by atoms with E-state index in [1.54, 1.807) is 13.3 Å². The maximum Gasteiger partial charge on any atom is 0.165 e. The van der Waals surface area contributed by atoms with Crippen LogP contribution in [0, 0.1) is 0 Å². The van der Waals surface area contributed by atoms with Crippen molar-refractivity contribution >= 4 is 22.2 Å². The quantitative estimate of drug-likeness (QED) is 0.499. The summed E-state index contributed by atoms with van der Waals surface area (Å²) in [6.07, 6.45) is 5.51. The summed E-state index contributed by atoms with van der Waals surface area (Å²) in [5.74, 6) is 0.816. The Kier molecular flexibility index (Phi) is 3.45. The average Bonchev–Trinajstić information content (AvgIpc) is 3.50. The molecule has 2 N–H and O–H groups in total.